The third-order valence-corrected chi connectivity index (χ3v) is 4.31. The van der Waals surface area contributed by atoms with Crippen LogP contribution in [0.15, 0.2) is 47.1 Å². The predicted octanol–water partition coefficient (Wildman–Crippen LogP) is 0.697. The van der Waals surface area contributed by atoms with E-state index in [-0.39, 0.29) is 22.8 Å². The maximum absolute atomic E-state index is 13.0. The normalized spacial score (nSPS) is 21.6. The standard InChI is InChI=1S/C17H16N2O6/c1-8-11(14(20)23-2)17(13(18)12(25-8)15(21)24-3)9-6-4-5-7-10(9)19-16(17)22/h4-7H,18H2,1-3H3,(H,19,22). The average molecular weight is 344 g/mol. The summed E-state index contributed by atoms with van der Waals surface area (Å²) >= 11 is 0. The van der Waals surface area contributed by atoms with Crippen LogP contribution in [0, 0.1) is 0 Å². The monoisotopic (exact) mass is 344 g/mol. The molecule has 1 atom stereocenters. The van der Waals surface area contributed by atoms with Crippen LogP contribution in [-0.4, -0.2) is 32.1 Å². The molecule has 25 heavy (non-hydrogen) atoms. The molecule has 0 saturated carbocycles. The number of hydrogen-bond donors (Lipinski definition) is 2. The summed E-state index contributed by atoms with van der Waals surface area (Å²) in [6, 6.07) is 6.75. The smallest absolute Gasteiger partial charge is 0.375 e. The van der Waals surface area contributed by atoms with Crippen LogP contribution < -0.4 is 11.1 Å². The zero-order valence-corrected chi connectivity index (χ0v) is 13.8. The Morgan fingerprint density at radius 2 is 1.80 bits per heavy atom. The number of allylic oxidation sites excluding steroid dienone is 1. The molecule has 8 nitrogen and oxygen atoms in total. The lowest BCUT2D eigenvalue weighted by molar-refractivity contribution is -0.142. The maximum atomic E-state index is 13.0. The van der Waals surface area contributed by atoms with Crippen LogP contribution in [0.3, 0.4) is 0 Å². The number of para-hydroxylation sites is 1. The minimum atomic E-state index is -1.73. The van der Waals surface area contributed by atoms with Gasteiger partial charge in [0.1, 0.15) is 11.3 Å². The van der Waals surface area contributed by atoms with Gasteiger partial charge in [-0.05, 0) is 13.0 Å². The summed E-state index contributed by atoms with van der Waals surface area (Å²) < 4.78 is 14.9. The number of carbonyl (C=O) groups excluding carboxylic acids is 3. The van der Waals surface area contributed by atoms with Crippen molar-refractivity contribution in [3.05, 3.63) is 52.6 Å². The number of esters is 2. The van der Waals surface area contributed by atoms with Crippen LogP contribution in [0.5, 0.6) is 0 Å². The molecule has 1 amide bonds. The molecule has 2 aliphatic heterocycles. The number of methoxy groups -OCH3 is 2. The molecule has 0 aliphatic carbocycles. The van der Waals surface area contributed by atoms with Gasteiger partial charge in [0.2, 0.25) is 11.7 Å². The Morgan fingerprint density at radius 1 is 1.16 bits per heavy atom. The topological polar surface area (TPSA) is 117 Å². The molecule has 2 aliphatic rings. The zero-order chi connectivity index (χ0) is 18.4. The molecule has 0 saturated heterocycles. The highest BCUT2D eigenvalue weighted by Crippen LogP contribution is 2.51. The van der Waals surface area contributed by atoms with Crippen LogP contribution in [0.4, 0.5) is 5.69 Å². The SMILES string of the molecule is COC(=O)C1=C(N)C2(C(=O)Nc3ccccc32)C(C(=O)OC)=C(C)O1. The number of amides is 1. The van der Waals surface area contributed by atoms with Gasteiger partial charge in [0.05, 0.1) is 19.9 Å². The van der Waals surface area contributed by atoms with Crippen molar-refractivity contribution in [3.8, 4) is 0 Å². The molecule has 1 unspecified atom stereocenters. The predicted molar refractivity (Wildman–Crippen MR) is 85.8 cm³/mol. The number of rotatable bonds is 2. The van der Waals surface area contributed by atoms with Crippen molar-refractivity contribution >= 4 is 23.5 Å². The molecule has 0 bridgehead atoms. The Bertz CT molecular complexity index is 870. The summed E-state index contributed by atoms with van der Waals surface area (Å²) in [5.41, 5.74) is 5.08. The molecular weight excluding hydrogens is 328 g/mol. The van der Waals surface area contributed by atoms with Gasteiger partial charge in [-0.15, -0.1) is 0 Å². The second-order valence-corrected chi connectivity index (χ2v) is 5.51. The van der Waals surface area contributed by atoms with Gasteiger partial charge in [-0.3, -0.25) is 4.79 Å². The van der Waals surface area contributed by atoms with Crippen molar-refractivity contribution in [1.29, 1.82) is 0 Å². The molecule has 3 N–H and O–H groups in total. The molecule has 0 aromatic heterocycles. The van der Waals surface area contributed by atoms with E-state index in [4.69, 9.17) is 15.2 Å². The Labute approximate surface area is 143 Å². The second kappa shape index (κ2) is 5.66. The number of anilines is 1. The molecular formula is C17H16N2O6. The fraction of sp³-hybridized carbons (Fsp3) is 0.235. The highest BCUT2D eigenvalue weighted by Gasteiger charge is 2.59. The first-order valence-electron chi connectivity index (χ1n) is 7.36. The van der Waals surface area contributed by atoms with Gasteiger partial charge in [-0.1, -0.05) is 18.2 Å². The highest BCUT2D eigenvalue weighted by molar-refractivity contribution is 6.17. The average Bonchev–Trinajstić information content (AvgIpc) is 2.90. The summed E-state index contributed by atoms with van der Waals surface area (Å²) in [6.07, 6.45) is 0. The van der Waals surface area contributed by atoms with Crippen molar-refractivity contribution < 1.29 is 28.6 Å². The van der Waals surface area contributed by atoms with Crippen molar-refractivity contribution in [3.63, 3.8) is 0 Å². The fourth-order valence-electron chi connectivity index (χ4n) is 3.24. The molecule has 1 spiro atoms. The first kappa shape index (κ1) is 16.6. The number of ether oxygens (including phenoxy) is 3. The van der Waals surface area contributed by atoms with Crippen LogP contribution in [0.2, 0.25) is 0 Å². The lowest BCUT2D eigenvalue weighted by atomic mass is 9.70. The van der Waals surface area contributed by atoms with Crippen LogP contribution in [0.25, 0.3) is 0 Å². The largest absolute Gasteiger partial charge is 0.466 e. The van der Waals surface area contributed by atoms with E-state index in [0.717, 1.165) is 7.11 Å². The molecule has 3 rings (SSSR count). The molecule has 0 radical (unpaired) electrons. The Hall–Kier alpha value is -3.29. The van der Waals surface area contributed by atoms with Crippen LogP contribution in [0.1, 0.15) is 12.5 Å². The lowest BCUT2D eigenvalue weighted by Crippen LogP contribution is -2.48. The van der Waals surface area contributed by atoms with Gasteiger partial charge in [-0.2, -0.15) is 0 Å². The molecule has 2 heterocycles. The van der Waals surface area contributed by atoms with E-state index in [0.29, 0.717) is 11.3 Å². The minimum Gasteiger partial charge on any atom is -0.466 e. The Morgan fingerprint density at radius 3 is 2.44 bits per heavy atom. The van der Waals surface area contributed by atoms with Gasteiger partial charge in [0.25, 0.3) is 0 Å². The van der Waals surface area contributed by atoms with Gasteiger partial charge in [0, 0.05) is 11.3 Å². The summed E-state index contributed by atoms with van der Waals surface area (Å²) in [4.78, 5) is 37.5. The number of nitrogens with two attached hydrogens (primary N) is 1. The number of carbonyl (C=O) groups is 3. The van der Waals surface area contributed by atoms with Crippen LogP contribution in [-0.2, 0) is 34.0 Å². The summed E-state index contributed by atoms with van der Waals surface area (Å²) in [7, 11) is 2.35. The Balaban J connectivity index is 2.40. The fourth-order valence-corrected chi connectivity index (χ4v) is 3.24. The third kappa shape index (κ3) is 2.03. The van der Waals surface area contributed by atoms with Crippen molar-refractivity contribution in [2.45, 2.75) is 12.3 Å². The van der Waals surface area contributed by atoms with Crippen molar-refractivity contribution in [2.24, 2.45) is 5.73 Å². The molecule has 8 heteroatoms. The number of hydrogen-bond acceptors (Lipinski definition) is 7. The maximum Gasteiger partial charge on any atom is 0.375 e. The molecule has 0 fully saturated rings. The summed E-state index contributed by atoms with van der Waals surface area (Å²) in [6.45, 7) is 1.46. The molecule has 130 valence electrons. The number of benzene rings is 1. The third-order valence-electron chi connectivity index (χ3n) is 4.31. The van der Waals surface area contributed by atoms with E-state index < -0.39 is 23.3 Å². The molecule has 1 aromatic rings. The van der Waals surface area contributed by atoms with Crippen LogP contribution >= 0.6 is 0 Å². The van der Waals surface area contributed by atoms with E-state index in [1.807, 2.05) is 0 Å². The number of nitrogens with one attached hydrogen (secondary N) is 1. The summed E-state index contributed by atoms with van der Waals surface area (Å²) in [5, 5.41) is 2.69. The van der Waals surface area contributed by atoms with Crippen molar-refractivity contribution in [2.75, 3.05) is 19.5 Å². The number of fused-ring (bicyclic) bond motifs is 2. The molecule has 1 aromatic carbocycles. The second-order valence-electron chi connectivity index (χ2n) is 5.51. The van der Waals surface area contributed by atoms with Gasteiger partial charge in [0.15, 0.2) is 5.41 Å². The van der Waals surface area contributed by atoms with E-state index in [9.17, 15) is 14.4 Å². The van der Waals surface area contributed by atoms with E-state index in [2.05, 4.69) is 10.1 Å². The quantitative estimate of drug-likeness (QED) is 0.758. The van der Waals surface area contributed by atoms with Gasteiger partial charge >= 0.3 is 11.9 Å². The van der Waals surface area contributed by atoms with E-state index >= 15 is 0 Å². The van der Waals surface area contributed by atoms with Gasteiger partial charge in [-0.25, -0.2) is 9.59 Å². The lowest BCUT2D eigenvalue weighted by Gasteiger charge is -2.34. The van der Waals surface area contributed by atoms with Gasteiger partial charge < -0.3 is 25.3 Å². The zero-order valence-electron chi connectivity index (χ0n) is 13.8. The first-order valence-corrected chi connectivity index (χ1v) is 7.36. The van der Waals surface area contributed by atoms with E-state index in [1.54, 1.807) is 24.3 Å². The van der Waals surface area contributed by atoms with Crippen molar-refractivity contribution in [1.82, 2.24) is 0 Å². The summed E-state index contributed by atoms with van der Waals surface area (Å²) in [5.74, 6) is -2.50. The highest BCUT2D eigenvalue weighted by atomic mass is 16.6. The first-order chi connectivity index (χ1) is 11.9. The Kier molecular flexibility index (Phi) is 3.75. The van der Waals surface area contributed by atoms with E-state index in [1.165, 1.54) is 14.0 Å². The minimum absolute atomic E-state index is 0.0355.